The van der Waals surface area contributed by atoms with Crippen molar-refractivity contribution in [2.24, 2.45) is 5.41 Å². The molecule has 3 rings (SSSR count). The number of nitrogens with zero attached hydrogens (tertiary/aromatic N) is 1. The van der Waals surface area contributed by atoms with Gasteiger partial charge in [0.15, 0.2) is 0 Å². The van der Waals surface area contributed by atoms with Crippen molar-refractivity contribution in [3.05, 3.63) is 60.2 Å². The monoisotopic (exact) mass is 378 g/mol. The Labute approximate surface area is 167 Å². The van der Waals surface area contributed by atoms with Gasteiger partial charge < -0.3 is 10.2 Å². The third kappa shape index (κ3) is 4.44. The molecule has 1 heterocycles. The summed E-state index contributed by atoms with van der Waals surface area (Å²) in [6.45, 7) is 5.69. The first-order valence-corrected chi connectivity index (χ1v) is 10.3. The third-order valence-corrected chi connectivity index (χ3v) is 5.65. The van der Waals surface area contributed by atoms with Crippen LogP contribution in [0.2, 0.25) is 0 Å². The average molecular weight is 379 g/mol. The summed E-state index contributed by atoms with van der Waals surface area (Å²) in [5.41, 5.74) is 2.94. The number of piperidine rings is 1. The van der Waals surface area contributed by atoms with Gasteiger partial charge in [-0.1, -0.05) is 61.5 Å². The molecule has 28 heavy (non-hydrogen) atoms. The van der Waals surface area contributed by atoms with E-state index in [1.54, 1.807) is 0 Å². The first-order valence-electron chi connectivity index (χ1n) is 10.3. The van der Waals surface area contributed by atoms with Crippen LogP contribution in [0.3, 0.4) is 0 Å². The lowest BCUT2D eigenvalue weighted by Crippen LogP contribution is -2.54. The summed E-state index contributed by atoms with van der Waals surface area (Å²) >= 11 is 0. The van der Waals surface area contributed by atoms with Crippen LogP contribution in [-0.2, 0) is 16.0 Å². The molecule has 2 aromatic carbocycles. The topological polar surface area (TPSA) is 49.4 Å². The highest BCUT2D eigenvalue weighted by Crippen LogP contribution is 2.35. The highest BCUT2D eigenvalue weighted by atomic mass is 16.2. The normalized spacial score (nSPS) is 19.3. The van der Waals surface area contributed by atoms with Crippen LogP contribution in [-0.4, -0.2) is 36.3 Å². The fourth-order valence-electron chi connectivity index (χ4n) is 4.16. The molecule has 0 aliphatic carbocycles. The van der Waals surface area contributed by atoms with Gasteiger partial charge in [0.05, 0.1) is 5.41 Å². The standard InChI is InChI=1S/C24H30N2O2/c1-3-22(27)26-16-8-15-24(18-26,23(28)25-4-2)17-19-11-13-21(14-12-19)20-9-6-5-7-10-20/h5-7,9-14H,3-4,8,15-18H2,1-2H3,(H,25,28). The van der Waals surface area contributed by atoms with Crippen molar-refractivity contribution in [3.63, 3.8) is 0 Å². The van der Waals surface area contributed by atoms with E-state index in [0.717, 1.165) is 24.9 Å². The Morgan fingerprint density at radius 1 is 1.00 bits per heavy atom. The van der Waals surface area contributed by atoms with E-state index in [1.165, 1.54) is 11.1 Å². The molecule has 0 bridgehead atoms. The molecule has 0 saturated carbocycles. The van der Waals surface area contributed by atoms with Gasteiger partial charge in [-0.15, -0.1) is 0 Å². The van der Waals surface area contributed by atoms with Crippen molar-refractivity contribution in [1.82, 2.24) is 10.2 Å². The molecule has 1 unspecified atom stereocenters. The van der Waals surface area contributed by atoms with Crippen molar-refractivity contribution >= 4 is 11.8 Å². The Hall–Kier alpha value is -2.62. The number of nitrogens with one attached hydrogen (secondary N) is 1. The van der Waals surface area contributed by atoms with E-state index >= 15 is 0 Å². The Bertz CT molecular complexity index is 801. The molecule has 148 valence electrons. The maximum Gasteiger partial charge on any atom is 0.228 e. The highest BCUT2D eigenvalue weighted by Gasteiger charge is 2.43. The van der Waals surface area contributed by atoms with Gasteiger partial charge in [0, 0.05) is 26.1 Å². The van der Waals surface area contributed by atoms with Gasteiger partial charge in [-0.3, -0.25) is 9.59 Å². The largest absolute Gasteiger partial charge is 0.356 e. The van der Waals surface area contributed by atoms with Crippen molar-refractivity contribution in [3.8, 4) is 11.1 Å². The number of carbonyl (C=O) groups is 2. The second-order valence-electron chi connectivity index (χ2n) is 7.65. The minimum absolute atomic E-state index is 0.0655. The van der Waals surface area contributed by atoms with Crippen molar-refractivity contribution in [2.45, 2.75) is 39.5 Å². The zero-order valence-electron chi connectivity index (χ0n) is 16.9. The quantitative estimate of drug-likeness (QED) is 0.824. The van der Waals surface area contributed by atoms with Crippen LogP contribution in [0.25, 0.3) is 11.1 Å². The number of benzene rings is 2. The summed E-state index contributed by atoms with van der Waals surface area (Å²) in [5.74, 6) is 0.198. The van der Waals surface area contributed by atoms with Gasteiger partial charge in [0.1, 0.15) is 0 Å². The van der Waals surface area contributed by atoms with Gasteiger partial charge in [0.2, 0.25) is 11.8 Å². The van der Waals surface area contributed by atoms with Crippen LogP contribution in [0, 0.1) is 5.41 Å². The first-order chi connectivity index (χ1) is 13.6. The molecule has 2 amide bonds. The summed E-state index contributed by atoms with van der Waals surface area (Å²) in [7, 11) is 0. The average Bonchev–Trinajstić information content (AvgIpc) is 2.74. The van der Waals surface area contributed by atoms with Crippen LogP contribution < -0.4 is 5.32 Å². The Kier molecular flexibility index (Phi) is 6.50. The second-order valence-corrected chi connectivity index (χ2v) is 7.65. The SMILES string of the molecule is CCNC(=O)C1(Cc2ccc(-c3ccccc3)cc2)CCCN(C(=O)CC)C1. The molecule has 1 aliphatic heterocycles. The molecule has 0 radical (unpaired) electrons. The maximum absolute atomic E-state index is 13.0. The molecule has 1 N–H and O–H groups in total. The van der Waals surface area contributed by atoms with E-state index in [0.29, 0.717) is 25.9 Å². The molecule has 4 heteroatoms. The number of carbonyl (C=O) groups excluding carboxylic acids is 2. The van der Waals surface area contributed by atoms with E-state index in [4.69, 9.17) is 0 Å². The van der Waals surface area contributed by atoms with Crippen LogP contribution in [0.4, 0.5) is 0 Å². The summed E-state index contributed by atoms with van der Waals surface area (Å²) in [4.78, 5) is 27.2. The molecule has 1 atom stereocenters. The van der Waals surface area contributed by atoms with Crippen LogP contribution >= 0.6 is 0 Å². The fourth-order valence-corrected chi connectivity index (χ4v) is 4.16. The fraction of sp³-hybridized carbons (Fsp3) is 0.417. The van der Waals surface area contributed by atoms with Gasteiger partial charge >= 0.3 is 0 Å². The lowest BCUT2D eigenvalue weighted by Gasteiger charge is -2.42. The van der Waals surface area contributed by atoms with E-state index in [1.807, 2.05) is 36.9 Å². The van der Waals surface area contributed by atoms with Gasteiger partial charge in [-0.05, 0) is 42.9 Å². The molecule has 0 aromatic heterocycles. The summed E-state index contributed by atoms with van der Waals surface area (Å²) in [6, 6.07) is 18.8. The Morgan fingerprint density at radius 3 is 2.32 bits per heavy atom. The molecular weight excluding hydrogens is 348 g/mol. The zero-order chi connectivity index (χ0) is 20.0. The molecule has 4 nitrogen and oxygen atoms in total. The summed E-state index contributed by atoms with van der Waals surface area (Å²) in [5, 5.41) is 3.01. The minimum atomic E-state index is -0.548. The molecular formula is C24H30N2O2. The van der Waals surface area contributed by atoms with Gasteiger partial charge in [-0.2, -0.15) is 0 Å². The predicted molar refractivity (Wildman–Crippen MR) is 113 cm³/mol. The van der Waals surface area contributed by atoms with E-state index in [9.17, 15) is 9.59 Å². The summed E-state index contributed by atoms with van der Waals surface area (Å²) < 4.78 is 0. The Morgan fingerprint density at radius 2 is 1.68 bits per heavy atom. The number of rotatable bonds is 6. The van der Waals surface area contributed by atoms with Crippen molar-refractivity contribution in [1.29, 1.82) is 0 Å². The number of amides is 2. The van der Waals surface area contributed by atoms with E-state index < -0.39 is 5.41 Å². The third-order valence-electron chi connectivity index (χ3n) is 5.65. The molecule has 0 spiro atoms. The van der Waals surface area contributed by atoms with Gasteiger partial charge in [0.25, 0.3) is 0 Å². The molecule has 2 aromatic rings. The number of hydrogen-bond acceptors (Lipinski definition) is 2. The molecule has 1 aliphatic rings. The molecule has 1 fully saturated rings. The lowest BCUT2D eigenvalue weighted by atomic mass is 9.74. The second kappa shape index (κ2) is 9.05. The minimum Gasteiger partial charge on any atom is -0.356 e. The lowest BCUT2D eigenvalue weighted by molar-refractivity contribution is -0.141. The van der Waals surface area contributed by atoms with Crippen molar-refractivity contribution in [2.75, 3.05) is 19.6 Å². The zero-order valence-corrected chi connectivity index (χ0v) is 16.9. The Balaban J connectivity index is 1.83. The predicted octanol–water partition coefficient (Wildman–Crippen LogP) is 4.05. The highest BCUT2D eigenvalue weighted by molar-refractivity contribution is 5.85. The first kappa shape index (κ1) is 20.1. The number of likely N-dealkylation sites (tertiary alicyclic amines) is 1. The smallest absolute Gasteiger partial charge is 0.228 e. The summed E-state index contributed by atoms with van der Waals surface area (Å²) in [6.07, 6.45) is 2.82. The number of hydrogen-bond donors (Lipinski definition) is 1. The van der Waals surface area contributed by atoms with Crippen LogP contribution in [0.1, 0.15) is 38.7 Å². The van der Waals surface area contributed by atoms with E-state index in [2.05, 4.69) is 41.7 Å². The van der Waals surface area contributed by atoms with Crippen LogP contribution in [0.15, 0.2) is 54.6 Å². The molecule has 1 saturated heterocycles. The van der Waals surface area contributed by atoms with Crippen LogP contribution in [0.5, 0.6) is 0 Å². The maximum atomic E-state index is 13.0. The van der Waals surface area contributed by atoms with Crippen molar-refractivity contribution < 1.29 is 9.59 Å². The van der Waals surface area contributed by atoms with Gasteiger partial charge in [-0.25, -0.2) is 0 Å². The van der Waals surface area contributed by atoms with E-state index in [-0.39, 0.29) is 11.8 Å².